The molecule has 2 heterocycles. The minimum absolute atomic E-state index is 0.127. The van der Waals surface area contributed by atoms with Gasteiger partial charge in [0.15, 0.2) is 0 Å². The molecule has 0 spiro atoms. The Kier molecular flexibility index (Phi) is 8.27. The fourth-order valence-corrected chi connectivity index (χ4v) is 8.67. The van der Waals surface area contributed by atoms with Crippen LogP contribution in [0.1, 0.15) is 123 Å². The molecule has 1 N–H and O–H groups in total. The van der Waals surface area contributed by atoms with E-state index in [9.17, 15) is 7.85 Å². The maximum absolute atomic E-state index is 12.6. The molecule has 9 rings (SSSR count). The predicted molar refractivity (Wildman–Crippen MR) is 288 cm³/mol. The molecule has 0 saturated heterocycles. The Morgan fingerprint density at radius 2 is 1.07 bits per heavy atom. The number of nitrogens with zero attached hydrogens (tertiary/aromatic N) is 3. The Hall–Kier alpha value is -7.04. The van der Waals surface area contributed by atoms with Gasteiger partial charge in [0.25, 0.3) is 0 Å². The third-order valence-electron chi connectivity index (χ3n) is 12.6. The second kappa shape index (κ2) is 17.2. The summed E-state index contributed by atoms with van der Waals surface area (Å²) in [6, 6.07) is 41.9. The van der Waals surface area contributed by atoms with Gasteiger partial charge in [-0.1, -0.05) is 192 Å². The number of aromatic hydroxyl groups is 1. The van der Waals surface area contributed by atoms with Gasteiger partial charge in [-0.2, -0.15) is 0 Å². The van der Waals surface area contributed by atoms with Gasteiger partial charge in [-0.25, -0.2) is 4.98 Å². The lowest BCUT2D eigenvalue weighted by atomic mass is 9.79. The third kappa shape index (κ3) is 9.17. The van der Waals surface area contributed by atoms with Crippen LogP contribution in [0.3, 0.4) is 0 Å². The van der Waals surface area contributed by atoms with Gasteiger partial charge < -0.3 is 5.11 Å². The molecule has 7 aromatic carbocycles. The largest absolute Gasteiger partial charge is 0.507 e. The van der Waals surface area contributed by atoms with Crippen molar-refractivity contribution < 1.29 is 22.9 Å². The van der Waals surface area contributed by atoms with Crippen molar-refractivity contribution in [2.45, 2.75) is 105 Å². The van der Waals surface area contributed by atoms with E-state index in [4.69, 9.17) is 25.0 Å². The van der Waals surface area contributed by atoms with E-state index in [0.29, 0.717) is 28.2 Å². The average Bonchev–Trinajstić information content (AvgIpc) is 3.93. The number of pyridine rings is 1. The van der Waals surface area contributed by atoms with Crippen molar-refractivity contribution in [3.8, 4) is 78.6 Å². The van der Waals surface area contributed by atoms with Gasteiger partial charge in [-0.15, -0.1) is 0 Å². The molecule has 4 nitrogen and oxygen atoms in total. The predicted octanol–water partition coefficient (Wildman–Crippen LogP) is 17.3. The van der Waals surface area contributed by atoms with Crippen LogP contribution in [0.4, 0.5) is 0 Å². The molecule has 0 amide bonds. The van der Waals surface area contributed by atoms with Crippen molar-refractivity contribution >= 4 is 11.0 Å². The quantitative estimate of drug-likeness (QED) is 0.173. The Labute approximate surface area is 422 Å². The van der Waals surface area contributed by atoms with Crippen molar-refractivity contribution in [3.05, 3.63) is 192 Å². The molecule has 342 valence electrons. The summed E-state index contributed by atoms with van der Waals surface area (Å²) < 4.78 is 113. The Morgan fingerprint density at radius 1 is 0.471 bits per heavy atom. The van der Waals surface area contributed by atoms with Gasteiger partial charge in [-0.3, -0.25) is 9.55 Å². The van der Waals surface area contributed by atoms with Gasteiger partial charge in [0.1, 0.15) is 11.6 Å². The summed E-state index contributed by atoms with van der Waals surface area (Å²) in [6.07, 6.45) is 1.44. The van der Waals surface area contributed by atoms with Gasteiger partial charge >= 0.3 is 0 Å². The first-order chi connectivity index (χ1) is 37.6. The molecular weight excluding hydrogens is 827 g/mol. The first-order valence-electron chi connectivity index (χ1n) is 29.5. The van der Waals surface area contributed by atoms with Crippen LogP contribution in [0, 0.1) is 0 Å². The summed E-state index contributed by atoms with van der Waals surface area (Å²) in [5, 5.41) is 12.6. The van der Waals surface area contributed by atoms with E-state index in [0.717, 1.165) is 61.3 Å². The molecule has 68 heavy (non-hydrogen) atoms. The summed E-state index contributed by atoms with van der Waals surface area (Å²) in [5.74, 6) is 0.663. The maximum atomic E-state index is 12.6. The lowest BCUT2D eigenvalue weighted by molar-refractivity contribution is 0.446. The summed E-state index contributed by atoms with van der Waals surface area (Å²) in [7, 11) is 0. The number of aromatic nitrogens is 3. The highest BCUT2D eigenvalue weighted by atomic mass is 16.3. The normalized spacial score (nSPS) is 15.8. The van der Waals surface area contributed by atoms with Crippen LogP contribution >= 0.6 is 0 Å². The number of phenolic OH excluding ortho intramolecular Hbond substituents is 1. The van der Waals surface area contributed by atoms with E-state index in [2.05, 4.69) is 115 Å². The standard InChI is InChI=1S/C64H65N3O/c1-61(2,3)49-28-26-43(27-29-49)44-30-31-65-56(37-44)48-33-45(41-20-15-13-16-21-41)32-47(34-48)53-24-19-25-57-58(53)66-60(54-39-51(63(7,8)9)40-55(59(54)68)64(10,11)12)67(57)52-36-46(42-22-17-14-18-23-42)35-50(38-52)62(4,5)6/h13-40,68H,1-12H3/i1D3,2D3,3D3,26D,27D,28D,29D. The minimum atomic E-state index is -3.82. The number of benzene rings is 7. The van der Waals surface area contributed by atoms with Gasteiger partial charge in [0.05, 0.1) is 27.8 Å². The molecule has 9 aromatic rings. The molecule has 0 bridgehead atoms. The van der Waals surface area contributed by atoms with E-state index >= 15 is 0 Å². The molecule has 0 aliphatic carbocycles. The number of phenols is 1. The summed E-state index contributed by atoms with van der Waals surface area (Å²) in [5.41, 5.74) is 5.67. The summed E-state index contributed by atoms with van der Waals surface area (Å²) >= 11 is 0. The van der Waals surface area contributed by atoms with Crippen LogP contribution in [-0.4, -0.2) is 19.6 Å². The zero-order valence-corrected chi connectivity index (χ0v) is 40.1. The highest BCUT2D eigenvalue weighted by Crippen LogP contribution is 2.46. The summed E-state index contributed by atoms with van der Waals surface area (Å²) in [6.45, 7) is 7.84. The monoisotopic (exact) mass is 905 g/mol. The average molecular weight is 905 g/mol. The fourth-order valence-electron chi connectivity index (χ4n) is 8.67. The Balaban J connectivity index is 1.33. The van der Waals surface area contributed by atoms with E-state index in [1.54, 1.807) is 6.07 Å². The van der Waals surface area contributed by atoms with Gasteiger partial charge in [0, 0.05) is 40.9 Å². The lowest BCUT2D eigenvalue weighted by Gasteiger charge is -2.28. The number of hydrogen-bond donors (Lipinski definition) is 1. The zero-order chi connectivity index (χ0) is 59.3. The topological polar surface area (TPSA) is 50.9 Å². The first kappa shape index (κ1) is 32.6. The minimum Gasteiger partial charge on any atom is -0.507 e. The van der Waals surface area contributed by atoms with E-state index < -0.39 is 61.1 Å². The van der Waals surface area contributed by atoms with E-state index in [1.807, 2.05) is 78.9 Å². The molecule has 2 aromatic heterocycles. The molecule has 0 fully saturated rings. The van der Waals surface area contributed by atoms with Crippen LogP contribution in [0.2, 0.25) is 0 Å². The fraction of sp³-hybridized carbons (Fsp3) is 0.250. The van der Waals surface area contributed by atoms with Crippen LogP contribution < -0.4 is 0 Å². The lowest BCUT2D eigenvalue weighted by Crippen LogP contribution is -2.17. The van der Waals surface area contributed by atoms with E-state index in [1.165, 1.54) is 12.3 Å². The maximum Gasteiger partial charge on any atom is 0.149 e. The highest BCUT2D eigenvalue weighted by Gasteiger charge is 2.29. The van der Waals surface area contributed by atoms with Crippen LogP contribution in [0.5, 0.6) is 5.75 Å². The van der Waals surface area contributed by atoms with Gasteiger partial charge in [-0.05, 0) is 132 Å². The first-order valence-corrected chi connectivity index (χ1v) is 23.0. The van der Waals surface area contributed by atoms with Gasteiger partial charge in [0.2, 0.25) is 0 Å². The van der Waals surface area contributed by atoms with Crippen molar-refractivity contribution in [2.75, 3.05) is 0 Å². The van der Waals surface area contributed by atoms with Crippen molar-refractivity contribution in [3.63, 3.8) is 0 Å². The highest BCUT2D eigenvalue weighted by molar-refractivity contribution is 5.98. The molecule has 0 unspecified atom stereocenters. The molecule has 0 saturated carbocycles. The van der Waals surface area contributed by atoms with Crippen molar-refractivity contribution in [1.29, 1.82) is 0 Å². The second-order valence-corrected chi connectivity index (χ2v) is 20.8. The zero-order valence-electron chi connectivity index (χ0n) is 53.1. The van der Waals surface area contributed by atoms with Crippen LogP contribution in [-0.2, 0) is 21.7 Å². The number of fused-ring (bicyclic) bond motifs is 1. The number of hydrogen-bond acceptors (Lipinski definition) is 3. The molecule has 4 heteroatoms. The number of para-hydroxylation sites is 1. The number of rotatable bonds is 7. The molecule has 0 atom stereocenters. The Morgan fingerprint density at radius 3 is 1.69 bits per heavy atom. The Bertz CT molecular complexity index is 3830. The summed E-state index contributed by atoms with van der Waals surface area (Å²) in [4.78, 5) is 10.4. The third-order valence-corrected chi connectivity index (χ3v) is 12.6. The van der Waals surface area contributed by atoms with Crippen molar-refractivity contribution in [1.82, 2.24) is 14.5 Å². The molecule has 0 radical (unpaired) electrons. The SMILES string of the molecule is [2H]c1c([2H])c(C(C([2H])([2H])[2H])(C([2H])([2H])[2H])C([2H])([2H])[2H])c([2H])c([2H])c1-c1ccnc(-c2cc(-c3ccccc3)cc(-c3cccc4c3nc(-c3cc(C(C)(C)C)cc(C(C)(C)C)c3O)n4-c3cc(-c4ccccc4)cc(C(C)(C)C)c3)c2)c1. The van der Waals surface area contributed by atoms with Crippen LogP contribution in [0.25, 0.3) is 83.9 Å². The molecule has 0 aliphatic heterocycles. The number of imidazole rings is 1. The smallest absolute Gasteiger partial charge is 0.149 e. The van der Waals surface area contributed by atoms with E-state index in [-0.39, 0.29) is 27.7 Å². The molecule has 0 aliphatic rings. The molecular formula is C64H65N3O. The van der Waals surface area contributed by atoms with Crippen LogP contribution in [0.15, 0.2) is 170 Å². The second-order valence-electron chi connectivity index (χ2n) is 20.8. The van der Waals surface area contributed by atoms with Crippen molar-refractivity contribution in [2.24, 2.45) is 0 Å².